The van der Waals surface area contributed by atoms with Crippen LogP contribution in [0.1, 0.15) is 37.9 Å². The van der Waals surface area contributed by atoms with Crippen molar-refractivity contribution in [3.63, 3.8) is 0 Å². The van der Waals surface area contributed by atoms with Crippen LogP contribution in [0.5, 0.6) is 0 Å². The number of aromatic nitrogens is 1. The zero-order valence-corrected chi connectivity index (χ0v) is 17.0. The van der Waals surface area contributed by atoms with Gasteiger partial charge in [-0.2, -0.15) is 0 Å². The molecule has 30 heavy (non-hydrogen) atoms. The molecule has 0 unspecified atom stereocenters. The number of nitrogens with zero attached hydrogens (tertiary/aromatic N) is 1. The number of carbonyl (C=O) groups excluding carboxylic acids is 3. The number of benzene rings is 1. The standard InChI is InChI=1S/C23H24N2O5/c1-16-13-19(17(2)25(16)11-10-18-7-4-3-5-8-18)20(26)15-30-22(27)14-24-23(28)21-9-6-12-29-21/h3-9,12-13H,10-11,14-15H2,1-2H3,(H,24,28). The zero-order valence-electron chi connectivity index (χ0n) is 17.0. The van der Waals surface area contributed by atoms with Crippen LogP contribution in [0.4, 0.5) is 0 Å². The molecule has 1 amide bonds. The number of rotatable bonds is 9. The summed E-state index contributed by atoms with van der Waals surface area (Å²) in [4.78, 5) is 36.1. The van der Waals surface area contributed by atoms with Gasteiger partial charge in [0.05, 0.1) is 6.26 Å². The second-order valence-corrected chi connectivity index (χ2v) is 6.92. The normalized spacial score (nSPS) is 10.6. The Balaban J connectivity index is 1.51. The third kappa shape index (κ3) is 5.26. The van der Waals surface area contributed by atoms with Crippen molar-refractivity contribution in [2.45, 2.75) is 26.8 Å². The molecule has 0 saturated carbocycles. The van der Waals surface area contributed by atoms with Crippen molar-refractivity contribution in [3.8, 4) is 0 Å². The summed E-state index contributed by atoms with van der Waals surface area (Å²) in [6.45, 7) is 3.87. The van der Waals surface area contributed by atoms with Crippen molar-refractivity contribution >= 4 is 17.7 Å². The molecule has 1 aromatic carbocycles. The van der Waals surface area contributed by atoms with E-state index in [-0.39, 0.29) is 24.7 Å². The van der Waals surface area contributed by atoms with Gasteiger partial charge < -0.3 is 19.0 Å². The maximum atomic E-state index is 12.5. The summed E-state index contributed by atoms with van der Waals surface area (Å²) < 4.78 is 12.0. The predicted molar refractivity (Wildman–Crippen MR) is 110 cm³/mol. The predicted octanol–water partition coefficient (Wildman–Crippen LogP) is 3.10. The lowest BCUT2D eigenvalue weighted by atomic mass is 10.1. The summed E-state index contributed by atoms with van der Waals surface area (Å²) in [5.41, 5.74) is 3.58. The van der Waals surface area contributed by atoms with E-state index in [2.05, 4.69) is 22.0 Å². The smallest absolute Gasteiger partial charge is 0.325 e. The van der Waals surface area contributed by atoms with Crippen LogP contribution in [0.3, 0.4) is 0 Å². The van der Waals surface area contributed by atoms with Gasteiger partial charge >= 0.3 is 5.97 Å². The molecule has 2 aromatic heterocycles. The van der Waals surface area contributed by atoms with Crippen LogP contribution < -0.4 is 5.32 Å². The average molecular weight is 408 g/mol. The number of furan rings is 1. The van der Waals surface area contributed by atoms with E-state index >= 15 is 0 Å². The molecular weight excluding hydrogens is 384 g/mol. The number of hydrogen-bond acceptors (Lipinski definition) is 5. The molecule has 0 spiro atoms. The molecule has 156 valence electrons. The van der Waals surface area contributed by atoms with Gasteiger partial charge in [-0.05, 0) is 44.0 Å². The van der Waals surface area contributed by atoms with Gasteiger partial charge in [-0.3, -0.25) is 14.4 Å². The number of hydrogen-bond donors (Lipinski definition) is 1. The highest BCUT2D eigenvalue weighted by Gasteiger charge is 2.18. The molecule has 0 radical (unpaired) electrons. The SMILES string of the molecule is Cc1cc(C(=O)COC(=O)CNC(=O)c2ccco2)c(C)n1CCc1ccccc1. The van der Waals surface area contributed by atoms with E-state index < -0.39 is 11.9 Å². The van der Waals surface area contributed by atoms with Crippen molar-refractivity contribution in [1.29, 1.82) is 0 Å². The van der Waals surface area contributed by atoms with Gasteiger partial charge in [0.15, 0.2) is 12.4 Å². The highest BCUT2D eigenvalue weighted by atomic mass is 16.5. The van der Waals surface area contributed by atoms with Crippen molar-refractivity contribution < 1.29 is 23.5 Å². The van der Waals surface area contributed by atoms with Crippen LogP contribution in [-0.2, 0) is 22.5 Å². The molecule has 0 aliphatic heterocycles. The van der Waals surface area contributed by atoms with Gasteiger partial charge in [-0.15, -0.1) is 0 Å². The fourth-order valence-corrected chi connectivity index (χ4v) is 3.24. The molecule has 0 aliphatic carbocycles. The first-order valence-electron chi connectivity index (χ1n) is 9.67. The van der Waals surface area contributed by atoms with Crippen LogP contribution in [0.25, 0.3) is 0 Å². The second kappa shape index (κ2) is 9.73. The van der Waals surface area contributed by atoms with E-state index in [1.807, 2.05) is 38.1 Å². The average Bonchev–Trinajstić information content (AvgIpc) is 3.38. The number of carbonyl (C=O) groups is 3. The van der Waals surface area contributed by atoms with Gasteiger partial charge in [0.2, 0.25) is 5.78 Å². The van der Waals surface area contributed by atoms with Gasteiger partial charge in [-0.25, -0.2) is 0 Å². The van der Waals surface area contributed by atoms with Crippen LogP contribution >= 0.6 is 0 Å². The Hall–Kier alpha value is -3.61. The first-order valence-corrected chi connectivity index (χ1v) is 9.67. The Morgan fingerprint density at radius 1 is 1.07 bits per heavy atom. The minimum absolute atomic E-state index is 0.0989. The number of aryl methyl sites for hydroxylation is 2. The summed E-state index contributed by atoms with van der Waals surface area (Å²) in [7, 11) is 0. The molecule has 7 nitrogen and oxygen atoms in total. The van der Waals surface area contributed by atoms with E-state index in [9.17, 15) is 14.4 Å². The monoisotopic (exact) mass is 408 g/mol. The van der Waals surface area contributed by atoms with E-state index in [4.69, 9.17) is 9.15 Å². The molecule has 7 heteroatoms. The molecule has 0 aliphatic rings. The molecule has 3 rings (SSSR count). The van der Waals surface area contributed by atoms with Crippen molar-refractivity contribution in [3.05, 3.63) is 83.1 Å². The molecule has 0 fully saturated rings. The van der Waals surface area contributed by atoms with E-state index in [1.165, 1.54) is 17.9 Å². The molecule has 0 saturated heterocycles. The third-order valence-corrected chi connectivity index (χ3v) is 4.84. The lowest BCUT2D eigenvalue weighted by molar-refractivity contribution is -0.141. The van der Waals surface area contributed by atoms with E-state index in [1.54, 1.807) is 6.07 Å². The quantitative estimate of drug-likeness (QED) is 0.434. The summed E-state index contributed by atoms with van der Waals surface area (Å²) in [5, 5.41) is 2.38. The lowest BCUT2D eigenvalue weighted by Crippen LogP contribution is -2.31. The number of ether oxygens (including phenoxy) is 1. The number of nitrogens with one attached hydrogen (secondary N) is 1. The van der Waals surface area contributed by atoms with Crippen LogP contribution in [0.15, 0.2) is 59.2 Å². The number of Topliss-reactive ketones (excluding diaryl/α,β-unsaturated/α-hetero) is 1. The Kier molecular flexibility index (Phi) is 6.85. The fraction of sp³-hybridized carbons (Fsp3) is 0.261. The Labute approximate surface area is 174 Å². The Morgan fingerprint density at radius 3 is 2.53 bits per heavy atom. The summed E-state index contributed by atoms with van der Waals surface area (Å²) in [6, 6.07) is 15.0. The van der Waals surface area contributed by atoms with Crippen LogP contribution in [0.2, 0.25) is 0 Å². The maximum Gasteiger partial charge on any atom is 0.325 e. The first kappa shape index (κ1) is 21.1. The highest BCUT2D eigenvalue weighted by molar-refractivity contribution is 5.99. The van der Waals surface area contributed by atoms with Crippen molar-refractivity contribution in [2.75, 3.05) is 13.2 Å². The van der Waals surface area contributed by atoms with Gasteiger partial charge in [0, 0.05) is 23.5 Å². The first-order chi connectivity index (χ1) is 14.5. The van der Waals surface area contributed by atoms with Crippen LogP contribution in [0, 0.1) is 13.8 Å². The second-order valence-electron chi connectivity index (χ2n) is 6.92. The molecule has 1 N–H and O–H groups in total. The maximum absolute atomic E-state index is 12.5. The summed E-state index contributed by atoms with van der Waals surface area (Å²) in [6.07, 6.45) is 2.22. The Bertz CT molecular complexity index is 1020. The van der Waals surface area contributed by atoms with E-state index in [0.717, 1.165) is 24.4 Å². The van der Waals surface area contributed by atoms with Crippen LogP contribution in [-0.4, -0.2) is 35.4 Å². The van der Waals surface area contributed by atoms with E-state index in [0.29, 0.717) is 5.56 Å². The minimum atomic E-state index is -0.693. The highest BCUT2D eigenvalue weighted by Crippen LogP contribution is 2.17. The van der Waals surface area contributed by atoms with Crippen molar-refractivity contribution in [2.24, 2.45) is 0 Å². The fourth-order valence-electron chi connectivity index (χ4n) is 3.24. The summed E-state index contributed by atoms with van der Waals surface area (Å²) in [5.74, 6) is -1.40. The molecular formula is C23H24N2O5. The zero-order chi connectivity index (χ0) is 21.5. The number of ketones is 1. The topological polar surface area (TPSA) is 90.5 Å². The van der Waals surface area contributed by atoms with Gasteiger partial charge in [0.1, 0.15) is 6.54 Å². The molecule has 3 aromatic rings. The molecule has 0 atom stereocenters. The Morgan fingerprint density at radius 2 is 1.83 bits per heavy atom. The molecule has 2 heterocycles. The summed E-state index contributed by atoms with van der Waals surface area (Å²) >= 11 is 0. The van der Waals surface area contributed by atoms with Gasteiger partial charge in [0.25, 0.3) is 5.91 Å². The van der Waals surface area contributed by atoms with Crippen molar-refractivity contribution in [1.82, 2.24) is 9.88 Å². The lowest BCUT2D eigenvalue weighted by Gasteiger charge is -2.10. The number of esters is 1. The number of amides is 1. The largest absolute Gasteiger partial charge is 0.459 e. The molecule has 0 bridgehead atoms. The van der Waals surface area contributed by atoms with Gasteiger partial charge in [-0.1, -0.05) is 30.3 Å². The third-order valence-electron chi connectivity index (χ3n) is 4.84. The minimum Gasteiger partial charge on any atom is -0.459 e.